The third-order valence-corrected chi connectivity index (χ3v) is 5.42. The number of aryl methyl sites for hydroxylation is 1. The number of nitriles is 1. The highest BCUT2D eigenvalue weighted by atomic mass is 35.5. The van der Waals surface area contributed by atoms with E-state index < -0.39 is 17.2 Å². The maximum absolute atomic E-state index is 13.1. The van der Waals surface area contributed by atoms with E-state index in [0.717, 1.165) is 10.1 Å². The van der Waals surface area contributed by atoms with Crippen molar-refractivity contribution in [3.8, 4) is 23.4 Å². The molecule has 0 saturated heterocycles. The molecule has 3 aromatic rings. The van der Waals surface area contributed by atoms with Crippen molar-refractivity contribution in [2.24, 2.45) is 0 Å². The number of ether oxygens (including phenoxy) is 2. The lowest BCUT2D eigenvalue weighted by molar-refractivity contribution is 0.103. The first-order chi connectivity index (χ1) is 15.3. The Kier molecular flexibility index (Phi) is 6.86. The van der Waals surface area contributed by atoms with E-state index in [2.05, 4.69) is 0 Å². The van der Waals surface area contributed by atoms with Gasteiger partial charge in [-0.2, -0.15) is 5.26 Å². The Bertz CT molecular complexity index is 1290. The molecule has 0 aliphatic rings. The summed E-state index contributed by atoms with van der Waals surface area (Å²) in [6, 6.07) is 13.4. The number of nitrogens with zero attached hydrogens (tertiary/aromatic N) is 2. The minimum atomic E-state index is -0.661. The maximum atomic E-state index is 13.1. The highest BCUT2D eigenvalue weighted by Crippen LogP contribution is 2.29. The van der Waals surface area contributed by atoms with Gasteiger partial charge in [0.1, 0.15) is 11.6 Å². The van der Waals surface area contributed by atoms with Crippen molar-refractivity contribution >= 4 is 17.4 Å². The molecular formula is C24H21ClN2O5. The van der Waals surface area contributed by atoms with Crippen LogP contribution in [0.2, 0.25) is 5.02 Å². The van der Waals surface area contributed by atoms with Crippen molar-refractivity contribution in [2.75, 3.05) is 14.2 Å². The number of hydrogen-bond acceptors (Lipinski definition) is 6. The van der Waals surface area contributed by atoms with Crippen LogP contribution in [0.4, 0.5) is 0 Å². The second-order valence-corrected chi connectivity index (χ2v) is 7.48. The van der Waals surface area contributed by atoms with Crippen LogP contribution in [-0.2, 0) is 13.0 Å². The number of rotatable bonds is 7. The van der Waals surface area contributed by atoms with Crippen molar-refractivity contribution in [1.29, 1.82) is 5.26 Å². The number of ketones is 1. The standard InChI is InChI=1S/C24H21ClN2O5/c1-14-18(13-26)23(29)27(10-9-15-7-8-19(31-2)20(11-15)32-3)24(30)21(14)22(28)16-5-4-6-17(25)12-16/h4-8,11-12,30H,9-10H2,1-3H3. The Morgan fingerprint density at radius 3 is 2.50 bits per heavy atom. The average molecular weight is 453 g/mol. The third kappa shape index (κ3) is 4.32. The molecule has 1 heterocycles. The molecule has 0 aliphatic carbocycles. The van der Waals surface area contributed by atoms with Crippen molar-refractivity contribution in [1.82, 2.24) is 4.57 Å². The Labute approximate surface area is 190 Å². The summed E-state index contributed by atoms with van der Waals surface area (Å²) in [6.45, 7) is 1.51. The Hall–Kier alpha value is -3.76. The summed E-state index contributed by atoms with van der Waals surface area (Å²) in [4.78, 5) is 26.0. The molecule has 0 fully saturated rings. The van der Waals surface area contributed by atoms with Crippen LogP contribution in [0.15, 0.2) is 47.3 Å². The number of carbonyl (C=O) groups excluding carboxylic acids is 1. The molecule has 2 aromatic carbocycles. The van der Waals surface area contributed by atoms with Gasteiger partial charge in [0.05, 0.1) is 19.8 Å². The van der Waals surface area contributed by atoms with Gasteiger partial charge in [-0.15, -0.1) is 0 Å². The van der Waals surface area contributed by atoms with E-state index in [-0.39, 0.29) is 28.8 Å². The highest BCUT2D eigenvalue weighted by Gasteiger charge is 2.25. The molecule has 0 spiro atoms. The summed E-state index contributed by atoms with van der Waals surface area (Å²) in [5, 5.41) is 20.8. The van der Waals surface area contributed by atoms with Gasteiger partial charge in [0, 0.05) is 17.1 Å². The monoisotopic (exact) mass is 452 g/mol. The van der Waals surface area contributed by atoms with Gasteiger partial charge in [-0.25, -0.2) is 0 Å². The zero-order valence-electron chi connectivity index (χ0n) is 17.8. The fraction of sp³-hybridized carbons (Fsp3) is 0.208. The fourth-order valence-corrected chi connectivity index (χ4v) is 3.67. The van der Waals surface area contributed by atoms with E-state index in [1.807, 2.05) is 6.07 Å². The fourth-order valence-electron chi connectivity index (χ4n) is 3.48. The molecule has 0 aliphatic heterocycles. The molecule has 0 amide bonds. The predicted molar refractivity (Wildman–Crippen MR) is 120 cm³/mol. The van der Waals surface area contributed by atoms with Crippen molar-refractivity contribution < 1.29 is 19.4 Å². The SMILES string of the molecule is COc1ccc(CCn2c(O)c(C(=O)c3cccc(Cl)c3)c(C)c(C#N)c2=O)cc1OC. The number of aromatic nitrogens is 1. The number of hydrogen-bond donors (Lipinski definition) is 1. The van der Waals surface area contributed by atoms with Gasteiger partial charge in [-0.05, 0) is 48.7 Å². The van der Waals surface area contributed by atoms with Gasteiger partial charge in [0.2, 0.25) is 5.88 Å². The molecular weight excluding hydrogens is 432 g/mol. The second-order valence-electron chi connectivity index (χ2n) is 7.05. The molecule has 0 bridgehead atoms. The molecule has 0 atom stereocenters. The summed E-state index contributed by atoms with van der Waals surface area (Å²) in [5.74, 6) is 0.0728. The summed E-state index contributed by atoms with van der Waals surface area (Å²) < 4.78 is 11.6. The van der Waals surface area contributed by atoms with Gasteiger partial charge in [0.15, 0.2) is 17.3 Å². The van der Waals surface area contributed by atoms with Crippen LogP contribution in [0, 0.1) is 18.3 Å². The highest BCUT2D eigenvalue weighted by molar-refractivity contribution is 6.31. The van der Waals surface area contributed by atoms with E-state index in [4.69, 9.17) is 21.1 Å². The van der Waals surface area contributed by atoms with Gasteiger partial charge in [-0.1, -0.05) is 29.8 Å². The number of aromatic hydroxyl groups is 1. The van der Waals surface area contributed by atoms with Crippen LogP contribution in [0.5, 0.6) is 17.4 Å². The topological polar surface area (TPSA) is 102 Å². The Morgan fingerprint density at radius 1 is 1.16 bits per heavy atom. The van der Waals surface area contributed by atoms with E-state index in [9.17, 15) is 20.0 Å². The van der Waals surface area contributed by atoms with Crippen LogP contribution in [-0.4, -0.2) is 29.7 Å². The summed E-state index contributed by atoms with van der Waals surface area (Å²) >= 11 is 5.99. The summed E-state index contributed by atoms with van der Waals surface area (Å²) in [5.41, 5.74) is 0.227. The lowest BCUT2D eigenvalue weighted by Crippen LogP contribution is -2.27. The van der Waals surface area contributed by atoms with Crippen LogP contribution in [0.3, 0.4) is 0 Å². The number of methoxy groups -OCH3 is 2. The maximum Gasteiger partial charge on any atom is 0.271 e. The van der Waals surface area contributed by atoms with E-state index in [0.29, 0.717) is 22.9 Å². The Morgan fingerprint density at radius 2 is 1.88 bits per heavy atom. The Balaban J connectivity index is 2.05. The van der Waals surface area contributed by atoms with Crippen molar-refractivity contribution in [3.63, 3.8) is 0 Å². The zero-order valence-corrected chi connectivity index (χ0v) is 18.6. The lowest BCUT2D eigenvalue weighted by Gasteiger charge is -2.16. The molecule has 32 heavy (non-hydrogen) atoms. The lowest BCUT2D eigenvalue weighted by atomic mass is 9.97. The largest absolute Gasteiger partial charge is 0.494 e. The smallest absolute Gasteiger partial charge is 0.271 e. The van der Waals surface area contributed by atoms with Crippen molar-refractivity contribution in [3.05, 3.63) is 85.7 Å². The normalized spacial score (nSPS) is 10.5. The zero-order chi connectivity index (χ0) is 23.4. The molecule has 1 N–H and O–H groups in total. The second kappa shape index (κ2) is 9.58. The van der Waals surface area contributed by atoms with Crippen LogP contribution >= 0.6 is 11.6 Å². The van der Waals surface area contributed by atoms with Gasteiger partial charge in [-0.3, -0.25) is 14.2 Å². The molecule has 0 radical (unpaired) electrons. The minimum absolute atomic E-state index is 0.0466. The number of halogens is 1. The first-order valence-electron chi connectivity index (χ1n) is 9.70. The molecule has 0 saturated carbocycles. The van der Waals surface area contributed by atoms with Crippen LogP contribution < -0.4 is 15.0 Å². The first-order valence-corrected chi connectivity index (χ1v) is 10.1. The molecule has 1 aromatic heterocycles. The number of benzene rings is 2. The van der Waals surface area contributed by atoms with E-state index in [1.165, 1.54) is 27.2 Å². The van der Waals surface area contributed by atoms with Crippen molar-refractivity contribution in [2.45, 2.75) is 19.9 Å². The van der Waals surface area contributed by atoms with Gasteiger partial charge < -0.3 is 14.6 Å². The van der Waals surface area contributed by atoms with E-state index >= 15 is 0 Å². The quantitative estimate of drug-likeness (QED) is 0.546. The first kappa shape index (κ1) is 22.9. The van der Waals surface area contributed by atoms with Crippen LogP contribution in [0.25, 0.3) is 0 Å². The van der Waals surface area contributed by atoms with E-state index in [1.54, 1.807) is 36.4 Å². The minimum Gasteiger partial charge on any atom is -0.494 e. The number of pyridine rings is 1. The molecule has 7 nitrogen and oxygen atoms in total. The van der Waals surface area contributed by atoms with Gasteiger partial charge >= 0.3 is 0 Å². The molecule has 8 heteroatoms. The molecule has 3 rings (SSSR count). The molecule has 164 valence electrons. The van der Waals surface area contributed by atoms with Gasteiger partial charge in [0.25, 0.3) is 5.56 Å². The summed E-state index contributed by atoms with van der Waals surface area (Å²) in [6.07, 6.45) is 0.340. The van der Waals surface area contributed by atoms with Crippen LogP contribution in [0.1, 0.15) is 32.6 Å². The predicted octanol–water partition coefficient (Wildman–Crippen LogP) is 3.88. The third-order valence-electron chi connectivity index (χ3n) is 5.19. The summed E-state index contributed by atoms with van der Waals surface area (Å²) in [7, 11) is 3.05. The average Bonchev–Trinajstić information content (AvgIpc) is 2.79. The number of carbonyl (C=O) groups is 1. The molecule has 0 unspecified atom stereocenters.